The largest absolute Gasteiger partial charge is 0.496 e. The molecule has 7 heteroatoms. The third kappa shape index (κ3) is 6.34. The lowest BCUT2D eigenvalue weighted by Crippen LogP contribution is -2.13. The second-order valence-electron chi connectivity index (χ2n) is 6.29. The van der Waals surface area contributed by atoms with Crippen molar-refractivity contribution in [3.05, 3.63) is 59.4 Å². The minimum absolute atomic E-state index is 0.00507. The van der Waals surface area contributed by atoms with Crippen LogP contribution in [0.1, 0.15) is 29.8 Å². The molecule has 0 amide bonds. The van der Waals surface area contributed by atoms with Gasteiger partial charge in [0.15, 0.2) is 18.1 Å². The first kappa shape index (κ1) is 21.9. The van der Waals surface area contributed by atoms with Gasteiger partial charge >= 0.3 is 5.97 Å². The standard InChI is InChI=1S/C22H23FO6/c1-14(2)29-20-8-5-15(11-21(20)27-4)6-10-22(25)28-13-18(24)17-12-16(23)7-9-19(17)26-3/h5-12,14H,13H2,1-4H3/b10-6+. The van der Waals surface area contributed by atoms with Crippen LogP contribution >= 0.6 is 0 Å². The van der Waals surface area contributed by atoms with E-state index in [1.165, 1.54) is 38.5 Å². The summed E-state index contributed by atoms with van der Waals surface area (Å²) in [6.45, 7) is 3.28. The van der Waals surface area contributed by atoms with Crippen molar-refractivity contribution in [1.82, 2.24) is 0 Å². The zero-order chi connectivity index (χ0) is 21.4. The van der Waals surface area contributed by atoms with Crippen molar-refractivity contribution in [1.29, 1.82) is 0 Å². The van der Waals surface area contributed by atoms with Crippen LogP contribution in [0.25, 0.3) is 6.08 Å². The molecule has 29 heavy (non-hydrogen) atoms. The molecule has 0 saturated heterocycles. The fourth-order valence-electron chi connectivity index (χ4n) is 2.46. The van der Waals surface area contributed by atoms with E-state index in [-0.39, 0.29) is 17.4 Å². The van der Waals surface area contributed by atoms with Crippen molar-refractivity contribution < 1.29 is 32.9 Å². The third-order valence-corrected chi connectivity index (χ3v) is 3.77. The minimum atomic E-state index is -0.713. The van der Waals surface area contributed by atoms with Crippen LogP contribution in [-0.4, -0.2) is 38.7 Å². The molecule has 2 rings (SSSR count). The second kappa shape index (κ2) is 10.3. The summed E-state index contributed by atoms with van der Waals surface area (Å²) in [5.74, 6) is -0.535. The van der Waals surface area contributed by atoms with Crippen molar-refractivity contribution in [3.63, 3.8) is 0 Å². The zero-order valence-corrected chi connectivity index (χ0v) is 16.7. The summed E-state index contributed by atoms with van der Waals surface area (Å²) < 4.78 is 34.3. The van der Waals surface area contributed by atoms with Crippen LogP contribution < -0.4 is 14.2 Å². The Morgan fingerprint density at radius 3 is 2.34 bits per heavy atom. The van der Waals surface area contributed by atoms with Gasteiger partial charge in [-0.2, -0.15) is 0 Å². The van der Waals surface area contributed by atoms with Gasteiger partial charge in [0.25, 0.3) is 0 Å². The fraction of sp³-hybridized carbons (Fsp3) is 0.273. The number of carbonyl (C=O) groups excluding carboxylic acids is 2. The highest BCUT2D eigenvalue weighted by molar-refractivity contribution is 6.01. The second-order valence-corrected chi connectivity index (χ2v) is 6.29. The molecule has 0 bridgehead atoms. The molecule has 0 radical (unpaired) electrons. The third-order valence-electron chi connectivity index (χ3n) is 3.77. The average Bonchev–Trinajstić information content (AvgIpc) is 2.70. The van der Waals surface area contributed by atoms with Gasteiger partial charge in [-0.05, 0) is 55.8 Å². The maximum absolute atomic E-state index is 13.4. The Kier molecular flexibility index (Phi) is 7.77. The van der Waals surface area contributed by atoms with Gasteiger partial charge in [-0.15, -0.1) is 0 Å². The Labute approximate surface area is 168 Å². The predicted molar refractivity (Wildman–Crippen MR) is 106 cm³/mol. The van der Waals surface area contributed by atoms with E-state index in [0.29, 0.717) is 17.1 Å². The number of methoxy groups -OCH3 is 2. The zero-order valence-electron chi connectivity index (χ0n) is 16.7. The predicted octanol–water partition coefficient (Wildman–Crippen LogP) is 4.07. The summed E-state index contributed by atoms with van der Waals surface area (Å²) in [4.78, 5) is 24.1. The van der Waals surface area contributed by atoms with E-state index in [0.717, 1.165) is 6.07 Å². The average molecular weight is 402 g/mol. The number of carbonyl (C=O) groups is 2. The van der Waals surface area contributed by atoms with Crippen molar-refractivity contribution in [2.45, 2.75) is 20.0 Å². The van der Waals surface area contributed by atoms with Gasteiger partial charge in [0.05, 0.1) is 25.9 Å². The molecular formula is C22H23FO6. The molecule has 2 aromatic rings. The van der Waals surface area contributed by atoms with E-state index >= 15 is 0 Å². The maximum atomic E-state index is 13.4. The molecule has 2 aromatic carbocycles. The number of esters is 1. The lowest BCUT2D eigenvalue weighted by Gasteiger charge is -2.13. The molecular weight excluding hydrogens is 379 g/mol. The molecule has 0 spiro atoms. The summed E-state index contributed by atoms with van der Waals surface area (Å²) in [5, 5.41) is 0. The van der Waals surface area contributed by atoms with E-state index in [9.17, 15) is 14.0 Å². The Morgan fingerprint density at radius 2 is 1.69 bits per heavy atom. The van der Waals surface area contributed by atoms with Gasteiger partial charge in [-0.1, -0.05) is 6.07 Å². The molecule has 0 heterocycles. The Morgan fingerprint density at radius 1 is 1.00 bits per heavy atom. The van der Waals surface area contributed by atoms with E-state index in [1.807, 2.05) is 13.8 Å². The van der Waals surface area contributed by atoms with Crippen LogP contribution in [0.4, 0.5) is 4.39 Å². The number of halogens is 1. The van der Waals surface area contributed by atoms with Crippen LogP contribution in [0.3, 0.4) is 0 Å². The summed E-state index contributed by atoms with van der Waals surface area (Å²) in [6, 6.07) is 8.76. The SMILES string of the molecule is COc1cc(/C=C/C(=O)OCC(=O)c2cc(F)ccc2OC)ccc1OC(C)C. The molecule has 0 saturated carbocycles. The lowest BCUT2D eigenvalue weighted by atomic mass is 10.1. The summed E-state index contributed by atoms with van der Waals surface area (Å²) in [6.07, 6.45) is 2.71. The van der Waals surface area contributed by atoms with Gasteiger partial charge in [0.1, 0.15) is 11.6 Å². The highest BCUT2D eigenvalue weighted by Crippen LogP contribution is 2.29. The van der Waals surface area contributed by atoms with E-state index in [1.54, 1.807) is 18.2 Å². The van der Waals surface area contributed by atoms with Crippen LogP contribution in [0.15, 0.2) is 42.5 Å². The Bertz CT molecular complexity index is 904. The molecule has 0 aliphatic rings. The molecule has 0 fully saturated rings. The van der Waals surface area contributed by atoms with Gasteiger partial charge < -0.3 is 18.9 Å². The van der Waals surface area contributed by atoms with Crippen molar-refractivity contribution >= 4 is 17.8 Å². The highest BCUT2D eigenvalue weighted by Gasteiger charge is 2.15. The van der Waals surface area contributed by atoms with Crippen molar-refractivity contribution in [3.8, 4) is 17.2 Å². The first-order valence-electron chi connectivity index (χ1n) is 8.90. The van der Waals surface area contributed by atoms with Crippen LogP contribution in [-0.2, 0) is 9.53 Å². The van der Waals surface area contributed by atoms with E-state index in [2.05, 4.69) is 0 Å². The number of hydrogen-bond acceptors (Lipinski definition) is 6. The number of benzene rings is 2. The molecule has 0 aliphatic carbocycles. The maximum Gasteiger partial charge on any atom is 0.331 e. The number of rotatable bonds is 9. The Hall–Kier alpha value is -3.35. The molecule has 154 valence electrons. The molecule has 0 aliphatic heterocycles. The number of ether oxygens (including phenoxy) is 4. The molecule has 0 atom stereocenters. The fourth-order valence-corrected chi connectivity index (χ4v) is 2.46. The van der Waals surface area contributed by atoms with Crippen molar-refractivity contribution in [2.24, 2.45) is 0 Å². The Balaban J connectivity index is 1.99. The van der Waals surface area contributed by atoms with Gasteiger partial charge in [-0.25, -0.2) is 9.18 Å². The summed E-state index contributed by atoms with van der Waals surface area (Å²) in [7, 11) is 2.89. The van der Waals surface area contributed by atoms with Gasteiger partial charge in [-0.3, -0.25) is 4.79 Å². The molecule has 0 aromatic heterocycles. The minimum Gasteiger partial charge on any atom is -0.496 e. The molecule has 0 unspecified atom stereocenters. The van der Waals surface area contributed by atoms with E-state index < -0.39 is 24.2 Å². The van der Waals surface area contributed by atoms with Crippen molar-refractivity contribution in [2.75, 3.05) is 20.8 Å². The molecule has 0 N–H and O–H groups in total. The highest BCUT2D eigenvalue weighted by atomic mass is 19.1. The summed E-state index contributed by atoms with van der Waals surface area (Å²) >= 11 is 0. The summed E-state index contributed by atoms with van der Waals surface area (Å²) in [5.41, 5.74) is 0.697. The quantitative estimate of drug-likeness (QED) is 0.358. The first-order valence-corrected chi connectivity index (χ1v) is 8.90. The van der Waals surface area contributed by atoms with E-state index in [4.69, 9.17) is 18.9 Å². The van der Waals surface area contributed by atoms with Crippen LogP contribution in [0.2, 0.25) is 0 Å². The number of hydrogen-bond donors (Lipinski definition) is 0. The van der Waals surface area contributed by atoms with Gasteiger partial charge in [0, 0.05) is 6.08 Å². The number of Topliss-reactive ketones (excluding diaryl/α,β-unsaturated/α-hetero) is 1. The topological polar surface area (TPSA) is 71.1 Å². The molecule has 6 nitrogen and oxygen atoms in total. The smallest absolute Gasteiger partial charge is 0.331 e. The normalized spacial score (nSPS) is 10.8. The van der Waals surface area contributed by atoms with Gasteiger partial charge in [0.2, 0.25) is 5.78 Å². The first-order chi connectivity index (χ1) is 13.8. The monoisotopic (exact) mass is 402 g/mol. The lowest BCUT2D eigenvalue weighted by molar-refractivity contribution is -0.136. The van der Waals surface area contributed by atoms with Crippen LogP contribution in [0.5, 0.6) is 17.2 Å². The van der Waals surface area contributed by atoms with Crippen LogP contribution in [0, 0.1) is 5.82 Å². The number of ketones is 1.